The molecule has 1 N–H and O–H groups in total. The zero-order valence-electron chi connectivity index (χ0n) is 9.47. The first kappa shape index (κ1) is 14.5. The molecule has 0 fully saturated rings. The van der Waals surface area contributed by atoms with Crippen molar-refractivity contribution in [3.63, 3.8) is 0 Å². The molecule has 1 unspecified atom stereocenters. The van der Waals surface area contributed by atoms with Gasteiger partial charge in [-0.25, -0.2) is 4.39 Å². The van der Waals surface area contributed by atoms with Gasteiger partial charge in [-0.15, -0.1) is 0 Å². The maximum absolute atomic E-state index is 13.4. The Labute approximate surface area is 114 Å². The van der Waals surface area contributed by atoms with Gasteiger partial charge in [0.1, 0.15) is 5.82 Å². The Morgan fingerprint density at radius 1 is 1.59 bits per heavy atom. The molecule has 17 heavy (non-hydrogen) atoms. The van der Waals surface area contributed by atoms with Crippen molar-refractivity contribution in [2.24, 2.45) is 5.92 Å². The summed E-state index contributed by atoms with van der Waals surface area (Å²) >= 11 is 9.12. The molecule has 5 heteroatoms. The molecule has 1 rings (SSSR count). The van der Waals surface area contributed by atoms with Crippen LogP contribution in [0.4, 0.5) is 4.39 Å². The van der Waals surface area contributed by atoms with Crippen LogP contribution in [0.1, 0.15) is 23.7 Å². The van der Waals surface area contributed by atoms with Gasteiger partial charge in [0.2, 0.25) is 0 Å². The first-order valence-electron chi connectivity index (χ1n) is 5.34. The summed E-state index contributed by atoms with van der Waals surface area (Å²) in [7, 11) is 0. The molecule has 1 aromatic rings. The minimum Gasteiger partial charge on any atom is -0.352 e. The smallest absolute Gasteiger partial charge is 0.255 e. The third-order valence-corrected chi connectivity index (χ3v) is 3.18. The summed E-state index contributed by atoms with van der Waals surface area (Å²) in [4.78, 5) is 11.7. The molecule has 0 aliphatic heterocycles. The van der Waals surface area contributed by atoms with E-state index in [4.69, 9.17) is 11.6 Å². The fraction of sp³-hybridized carbons (Fsp3) is 0.417. The zero-order chi connectivity index (χ0) is 12.8. The maximum atomic E-state index is 13.4. The number of hydrogen-bond donors (Lipinski definition) is 1. The first-order valence-corrected chi connectivity index (χ1v) is 6.84. The molecular formula is C12H14BrClFNO. The van der Waals surface area contributed by atoms with Crippen molar-refractivity contribution in [3.8, 4) is 0 Å². The van der Waals surface area contributed by atoms with Gasteiger partial charge in [-0.1, -0.05) is 40.5 Å². The van der Waals surface area contributed by atoms with Crippen molar-refractivity contribution < 1.29 is 9.18 Å². The predicted octanol–water partition coefficient (Wildman–Crippen LogP) is 3.63. The quantitative estimate of drug-likeness (QED) is 0.824. The van der Waals surface area contributed by atoms with E-state index >= 15 is 0 Å². The lowest BCUT2D eigenvalue weighted by Gasteiger charge is -2.12. The number of benzene rings is 1. The number of amides is 1. The number of carbonyl (C=O) groups excluding carboxylic acids is 1. The second kappa shape index (κ2) is 6.97. The molecule has 1 amide bonds. The molecule has 0 radical (unpaired) electrons. The van der Waals surface area contributed by atoms with Crippen molar-refractivity contribution in [2.45, 2.75) is 13.3 Å². The summed E-state index contributed by atoms with van der Waals surface area (Å²) in [5, 5.41) is 3.70. The summed E-state index contributed by atoms with van der Waals surface area (Å²) in [6, 6.07) is 4.20. The number of nitrogens with one attached hydrogen (secondary N) is 1. The molecule has 0 aromatic heterocycles. The van der Waals surface area contributed by atoms with Crippen LogP contribution in [0, 0.1) is 11.7 Å². The summed E-state index contributed by atoms with van der Waals surface area (Å²) in [5.74, 6) is -0.721. The van der Waals surface area contributed by atoms with Crippen LogP contribution in [0.5, 0.6) is 0 Å². The highest BCUT2D eigenvalue weighted by Crippen LogP contribution is 2.18. The summed E-state index contributed by atoms with van der Waals surface area (Å²) < 4.78 is 13.4. The number of carbonyl (C=O) groups is 1. The van der Waals surface area contributed by atoms with Gasteiger partial charge in [0.15, 0.2) is 0 Å². The van der Waals surface area contributed by atoms with Gasteiger partial charge < -0.3 is 5.32 Å². The largest absolute Gasteiger partial charge is 0.352 e. The van der Waals surface area contributed by atoms with E-state index in [1.54, 1.807) is 0 Å². The van der Waals surface area contributed by atoms with E-state index in [2.05, 4.69) is 21.2 Å². The van der Waals surface area contributed by atoms with Crippen LogP contribution < -0.4 is 5.32 Å². The molecule has 1 atom stereocenters. The lowest BCUT2D eigenvalue weighted by Crippen LogP contribution is -2.29. The van der Waals surface area contributed by atoms with Crippen molar-refractivity contribution in [3.05, 3.63) is 34.6 Å². The Balaban J connectivity index is 2.64. The number of hydrogen-bond acceptors (Lipinski definition) is 1. The van der Waals surface area contributed by atoms with E-state index in [-0.39, 0.29) is 10.6 Å². The highest BCUT2D eigenvalue weighted by molar-refractivity contribution is 9.09. The minimum atomic E-state index is -0.594. The fourth-order valence-electron chi connectivity index (χ4n) is 1.36. The fourth-order valence-corrected chi connectivity index (χ4v) is 2.39. The molecule has 0 saturated heterocycles. The lowest BCUT2D eigenvalue weighted by molar-refractivity contribution is 0.0944. The highest BCUT2D eigenvalue weighted by atomic mass is 79.9. The van der Waals surface area contributed by atoms with E-state index < -0.39 is 11.7 Å². The normalized spacial score (nSPS) is 12.2. The van der Waals surface area contributed by atoms with E-state index in [0.717, 1.165) is 11.8 Å². The number of rotatable bonds is 5. The molecule has 0 heterocycles. The van der Waals surface area contributed by atoms with Crippen LogP contribution in [0.25, 0.3) is 0 Å². The molecule has 0 bridgehead atoms. The molecule has 2 nitrogen and oxygen atoms in total. The Kier molecular flexibility index (Phi) is 5.92. The minimum absolute atomic E-state index is 0.0831. The van der Waals surface area contributed by atoms with Gasteiger partial charge in [0.05, 0.1) is 10.6 Å². The molecule has 94 valence electrons. The Morgan fingerprint density at radius 3 is 2.88 bits per heavy atom. The monoisotopic (exact) mass is 321 g/mol. The van der Waals surface area contributed by atoms with E-state index in [9.17, 15) is 9.18 Å². The molecule has 0 saturated carbocycles. The molecule has 0 aliphatic rings. The van der Waals surface area contributed by atoms with Crippen LogP contribution >= 0.6 is 27.5 Å². The van der Waals surface area contributed by atoms with Crippen molar-refractivity contribution in [2.75, 3.05) is 11.9 Å². The summed E-state index contributed by atoms with van der Waals surface area (Å²) in [5.41, 5.74) is -0.0831. The molecule has 0 aliphatic carbocycles. The SMILES string of the molecule is CC(CCBr)CNC(=O)c1c(F)cccc1Cl. The molecule has 0 spiro atoms. The van der Waals surface area contributed by atoms with Gasteiger partial charge in [-0.2, -0.15) is 0 Å². The standard InChI is InChI=1S/C12H14BrClFNO/c1-8(5-6-13)7-16-12(17)11-9(14)3-2-4-10(11)15/h2-4,8H,5-7H2,1H3,(H,16,17). The van der Waals surface area contributed by atoms with Gasteiger partial charge in [0.25, 0.3) is 5.91 Å². The summed E-state index contributed by atoms with van der Waals surface area (Å²) in [6.07, 6.45) is 0.950. The van der Waals surface area contributed by atoms with Crippen molar-refractivity contribution >= 4 is 33.4 Å². The van der Waals surface area contributed by atoms with E-state index in [1.807, 2.05) is 6.92 Å². The van der Waals surface area contributed by atoms with Gasteiger partial charge in [0, 0.05) is 11.9 Å². The molecular weight excluding hydrogens is 308 g/mol. The topological polar surface area (TPSA) is 29.1 Å². The van der Waals surface area contributed by atoms with Gasteiger partial charge in [-0.3, -0.25) is 4.79 Å². The number of halogens is 3. The van der Waals surface area contributed by atoms with Crippen LogP contribution in [0.15, 0.2) is 18.2 Å². The van der Waals surface area contributed by atoms with Crippen molar-refractivity contribution in [1.82, 2.24) is 5.32 Å². The van der Waals surface area contributed by atoms with Crippen LogP contribution in [0.2, 0.25) is 5.02 Å². The zero-order valence-corrected chi connectivity index (χ0v) is 11.8. The second-order valence-corrected chi connectivity index (χ2v) is 5.09. The average molecular weight is 323 g/mol. The third kappa shape index (κ3) is 4.28. The maximum Gasteiger partial charge on any atom is 0.255 e. The Bertz CT molecular complexity index is 380. The highest BCUT2D eigenvalue weighted by Gasteiger charge is 2.15. The number of alkyl halides is 1. The molecule has 1 aromatic carbocycles. The third-order valence-electron chi connectivity index (χ3n) is 2.40. The lowest BCUT2D eigenvalue weighted by atomic mass is 10.1. The van der Waals surface area contributed by atoms with Crippen LogP contribution in [-0.4, -0.2) is 17.8 Å². The van der Waals surface area contributed by atoms with E-state index in [1.165, 1.54) is 18.2 Å². The van der Waals surface area contributed by atoms with E-state index in [0.29, 0.717) is 12.5 Å². The Morgan fingerprint density at radius 2 is 2.29 bits per heavy atom. The van der Waals surface area contributed by atoms with Crippen LogP contribution in [-0.2, 0) is 0 Å². The van der Waals surface area contributed by atoms with Crippen molar-refractivity contribution in [1.29, 1.82) is 0 Å². The second-order valence-electron chi connectivity index (χ2n) is 3.89. The summed E-state index contributed by atoms with van der Waals surface area (Å²) in [6.45, 7) is 2.53. The predicted molar refractivity (Wildman–Crippen MR) is 71.3 cm³/mol. The average Bonchev–Trinajstić information content (AvgIpc) is 2.26. The first-order chi connectivity index (χ1) is 8.06. The van der Waals surface area contributed by atoms with Crippen LogP contribution in [0.3, 0.4) is 0 Å². The van der Waals surface area contributed by atoms with Gasteiger partial charge >= 0.3 is 0 Å². The Hall–Kier alpha value is -0.610. The van der Waals surface area contributed by atoms with Gasteiger partial charge in [-0.05, 0) is 24.5 Å².